The van der Waals surface area contributed by atoms with E-state index < -0.39 is 0 Å². The van der Waals surface area contributed by atoms with Gasteiger partial charge in [-0.3, -0.25) is 0 Å². The van der Waals surface area contributed by atoms with Gasteiger partial charge in [0.2, 0.25) is 0 Å². The van der Waals surface area contributed by atoms with Crippen LogP contribution in [0.4, 0.5) is 0 Å². The topological polar surface area (TPSA) is 25.8 Å². The summed E-state index contributed by atoms with van der Waals surface area (Å²) in [6, 6.07) is 6.13. The van der Waals surface area contributed by atoms with Crippen LogP contribution >= 0.6 is 11.6 Å². The van der Waals surface area contributed by atoms with Crippen LogP contribution in [0.5, 0.6) is 0 Å². The first kappa shape index (κ1) is 10.0. The molecule has 0 bridgehead atoms. The number of aryl methyl sites for hydroxylation is 1. The quantitative estimate of drug-likeness (QED) is 0.738. The maximum absolute atomic E-state index is 6.21. The fourth-order valence-electron chi connectivity index (χ4n) is 2.00. The molecule has 1 aliphatic carbocycles. The van der Waals surface area contributed by atoms with Crippen molar-refractivity contribution in [1.29, 1.82) is 0 Å². The van der Waals surface area contributed by atoms with Gasteiger partial charge in [0.05, 0.1) is 5.52 Å². The molecule has 1 aliphatic rings. The van der Waals surface area contributed by atoms with Gasteiger partial charge in [-0.25, -0.2) is 9.97 Å². The molecule has 0 radical (unpaired) electrons. The molecule has 0 N–H and O–H groups in total. The second kappa shape index (κ2) is 3.70. The molecule has 3 heteroatoms. The Morgan fingerprint density at radius 2 is 2.12 bits per heavy atom. The van der Waals surface area contributed by atoms with Crippen LogP contribution in [-0.4, -0.2) is 9.97 Å². The summed E-state index contributed by atoms with van der Waals surface area (Å²) < 4.78 is 0. The molecule has 0 saturated heterocycles. The highest BCUT2D eigenvalue weighted by molar-refractivity contribution is 6.34. The van der Waals surface area contributed by atoms with Crippen LogP contribution in [0.25, 0.3) is 10.9 Å². The van der Waals surface area contributed by atoms with E-state index in [1.807, 2.05) is 12.1 Å². The van der Waals surface area contributed by atoms with Crippen molar-refractivity contribution < 1.29 is 0 Å². The highest BCUT2D eigenvalue weighted by Crippen LogP contribution is 2.39. The first-order valence-corrected chi connectivity index (χ1v) is 6.12. The van der Waals surface area contributed by atoms with E-state index in [0.29, 0.717) is 11.1 Å². The summed E-state index contributed by atoms with van der Waals surface area (Å²) in [6.07, 6.45) is 3.39. The monoisotopic (exact) mass is 232 g/mol. The average Bonchev–Trinajstić information content (AvgIpc) is 3.12. The highest BCUT2D eigenvalue weighted by Gasteiger charge is 2.27. The number of hydrogen-bond donors (Lipinski definition) is 0. The Balaban J connectivity index is 2.29. The van der Waals surface area contributed by atoms with Gasteiger partial charge >= 0.3 is 0 Å². The van der Waals surface area contributed by atoms with Crippen LogP contribution in [0.1, 0.15) is 37.1 Å². The fourth-order valence-corrected chi connectivity index (χ4v) is 2.24. The van der Waals surface area contributed by atoms with Crippen molar-refractivity contribution in [3.05, 3.63) is 34.7 Å². The molecule has 0 amide bonds. The van der Waals surface area contributed by atoms with Gasteiger partial charge in [-0.15, -0.1) is 0 Å². The smallest absolute Gasteiger partial charge is 0.140 e. The molecule has 1 fully saturated rings. The zero-order chi connectivity index (χ0) is 11.1. The summed E-state index contributed by atoms with van der Waals surface area (Å²) in [4.78, 5) is 9.07. The molecule has 0 spiro atoms. The number of aromatic nitrogens is 2. The van der Waals surface area contributed by atoms with E-state index in [1.54, 1.807) is 0 Å². The van der Waals surface area contributed by atoms with Crippen molar-refractivity contribution in [3.63, 3.8) is 0 Å². The minimum atomic E-state index is 0.548. The number of rotatable bonds is 2. The second-order valence-electron chi connectivity index (χ2n) is 4.31. The number of nitrogens with zero attached hydrogens (tertiary/aromatic N) is 2. The number of halogens is 1. The van der Waals surface area contributed by atoms with Crippen molar-refractivity contribution in [2.45, 2.75) is 32.1 Å². The Morgan fingerprint density at radius 3 is 2.81 bits per heavy atom. The lowest BCUT2D eigenvalue weighted by Gasteiger charge is -2.06. The molecule has 1 saturated carbocycles. The van der Waals surface area contributed by atoms with E-state index in [2.05, 4.69) is 23.0 Å². The summed E-state index contributed by atoms with van der Waals surface area (Å²) in [6.45, 7) is 2.14. The fraction of sp³-hybridized carbons (Fsp3) is 0.385. The largest absolute Gasteiger partial charge is 0.232 e. The average molecular weight is 233 g/mol. The summed E-state index contributed by atoms with van der Waals surface area (Å²) in [5.41, 5.74) is 2.29. The Kier molecular flexibility index (Phi) is 2.32. The van der Waals surface area contributed by atoms with Gasteiger partial charge < -0.3 is 0 Å². The van der Waals surface area contributed by atoms with E-state index in [0.717, 1.165) is 23.1 Å². The maximum Gasteiger partial charge on any atom is 0.140 e. The Morgan fingerprint density at radius 1 is 1.31 bits per heavy atom. The Hall–Kier alpha value is -1.15. The zero-order valence-corrected chi connectivity index (χ0v) is 9.96. The predicted molar refractivity (Wildman–Crippen MR) is 65.9 cm³/mol. The van der Waals surface area contributed by atoms with E-state index in [4.69, 9.17) is 11.6 Å². The van der Waals surface area contributed by atoms with Gasteiger partial charge in [0.25, 0.3) is 0 Å². The van der Waals surface area contributed by atoms with Crippen molar-refractivity contribution in [2.75, 3.05) is 0 Å². The van der Waals surface area contributed by atoms with Crippen LogP contribution in [0.2, 0.25) is 5.15 Å². The number of benzene rings is 1. The lowest BCUT2D eigenvalue weighted by Crippen LogP contribution is -1.97. The maximum atomic E-state index is 6.21. The second-order valence-corrected chi connectivity index (χ2v) is 4.67. The molecule has 1 heterocycles. The van der Waals surface area contributed by atoms with Gasteiger partial charge in [0.1, 0.15) is 11.0 Å². The van der Waals surface area contributed by atoms with Gasteiger partial charge in [-0.05, 0) is 30.9 Å². The molecular weight excluding hydrogens is 220 g/mol. The summed E-state index contributed by atoms with van der Waals surface area (Å²) in [5.74, 6) is 1.48. The number of hydrogen-bond acceptors (Lipinski definition) is 2. The molecule has 1 aromatic carbocycles. The number of para-hydroxylation sites is 1. The summed E-state index contributed by atoms with van der Waals surface area (Å²) in [7, 11) is 0. The minimum Gasteiger partial charge on any atom is -0.232 e. The Bertz CT molecular complexity index is 547. The third-order valence-corrected chi connectivity index (χ3v) is 3.39. The van der Waals surface area contributed by atoms with Gasteiger partial charge in [0.15, 0.2) is 0 Å². The van der Waals surface area contributed by atoms with E-state index >= 15 is 0 Å². The molecule has 2 aromatic rings. The van der Waals surface area contributed by atoms with E-state index in [1.165, 1.54) is 18.4 Å². The zero-order valence-electron chi connectivity index (χ0n) is 9.20. The Labute approximate surface area is 99.7 Å². The molecule has 0 unspecified atom stereocenters. The minimum absolute atomic E-state index is 0.548. The van der Waals surface area contributed by atoms with Crippen LogP contribution in [0.3, 0.4) is 0 Å². The third kappa shape index (κ3) is 1.57. The van der Waals surface area contributed by atoms with Gasteiger partial charge in [-0.2, -0.15) is 0 Å². The van der Waals surface area contributed by atoms with E-state index in [9.17, 15) is 0 Å². The van der Waals surface area contributed by atoms with Crippen LogP contribution in [0.15, 0.2) is 18.2 Å². The van der Waals surface area contributed by atoms with Crippen molar-refractivity contribution in [2.24, 2.45) is 0 Å². The first-order chi connectivity index (χ1) is 7.79. The molecule has 1 aromatic heterocycles. The molecular formula is C13H13ClN2. The molecule has 0 atom stereocenters. The first-order valence-electron chi connectivity index (χ1n) is 5.74. The molecule has 0 aliphatic heterocycles. The van der Waals surface area contributed by atoms with E-state index in [-0.39, 0.29) is 0 Å². The van der Waals surface area contributed by atoms with Crippen LogP contribution < -0.4 is 0 Å². The van der Waals surface area contributed by atoms with Crippen molar-refractivity contribution in [3.8, 4) is 0 Å². The molecule has 16 heavy (non-hydrogen) atoms. The SMILES string of the molecule is CCc1cccc2c(Cl)nc(C3CC3)nc12. The van der Waals surface area contributed by atoms with Crippen molar-refractivity contribution >= 4 is 22.5 Å². The van der Waals surface area contributed by atoms with Crippen molar-refractivity contribution in [1.82, 2.24) is 9.97 Å². The molecule has 3 rings (SSSR count). The van der Waals surface area contributed by atoms with Gasteiger partial charge in [-0.1, -0.05) is 30.7 Å². The van der Waals surface area contributed by atoms with Gasteiger partial charge in [0, 0.05) is 11.3 Å². The third-order valence-electron chi connectivity index (χ3n) is 3.10. The standard InChI is InChI=1S/C13H13ClN2/c1-2-8-4-3-5-10-11(8)15-13(9-6-7-9)16-12(10)14/h3-5,9H,2,6-7H2,1H3. The normalized spacial score (nSPS) is 15.6. The summed E-state index contributed by atoms with van der Waals surface area (Å²) in [5, 5.41) is 1.58. The lowest BCUT2D eigenvalue weighted by molar-refractivity contribution is 0.943. The van der Waals surface area contributed by atoms with Crippen LogP contribution in [0, 0.1) is 0 Å². The molecule has 82 valence electrons. The molecule has 2 nitrogen and oxygen atoms in total. The lowest BCUT2D eigenvalue weighted by atomic mass is 10.1. The summed E-state index contributed by atoms with van der Waals surface area (Å²) >= 11 is 6.21. The number of fused-ring (bicyclic) bond motifs is 1. The van der Waals surface area contributed by atoms with Crippen LogP contribution in [-0.2, 0) is 6.42 Å². The predicted octanol–water partition coefficient (Wildman–Crippen LogP) is 3.72. The highest BCUT2D eigenvalue weighted by atomic mass is 35.5.